The molecule has 3 aromatic rings. The summed E-state index contributed by atoms with van der Waals surface area (Å²) in [6, 6.07) is 3.44. The van der Waals surface area contributed by atoms with Crippen molar-refractivity contribution < 1.29 is 14.3 Å². The summed E-state index contributed by atoms with van der Waals surface area (Å²) in [5, 5.41) is 3.49. The Bertz CT molecular complexity index is 822. The lowest BCUT2D eigenvalue weighted by molar-refractivity contribution is -0.131. The predicted octanol–water partition coefficient (Wildman–Crippen LogP) is 3.17. The molecule has 1 aromatic carbocycles. The molecule has 0 spiro atoms. The highest BCUT2D eigenvalue weighted by atomic mass is 32.2. The van der Waals surface area contributed by atoms with Gasteiger partial charge < -0.3 is 9.47 Å². The summed E-state index contributed by atoms with van der Waals surface area (Å²) >= 11 is 2.99. The lowest BCUT2D eigenvalue weighted by Crippen LogP contribution is -2.03. The van der Waals surface area contributed by atoms with Crippen molar-refractivity contribution in [3.05, 3.63) is 30.0 Å². The lowest BCUT2D eigenvalue weighted by Gasteiger charge is -2.10. The average molecular weight is 333 g/mol. The fraction of sp³-hybridized carbons (Fsp3) is 0.143. The van der Waals surface area contributed by atoms with Crippen molar-refractivity contribution in [1.82, 2.24) is 15.0 Å². The van der Waals surface area contributed by atoms with Crippen LogP contribution in [0.3, 0.4) is 0 Å². The molecule has 0 radical (unpaired) electrons. The van der Waals surface area contributed by atoms with Crippen LogP contribution in [0.25, 0.3) is 10.9 Å². The molecule has 3 rings (SSSR count). The lowest BCUT2D eigenvalue weighted by atomic mass is 10.2. The van der Waals surface area contributed by atoms with Gasteiger partial charge in [0, 0.05) is 30.0 Å². The maximum absolute atomic E-state index is 11.2. The van der Waals surface area contributed by atoms with Crippen LogP contribution in [0.5, 0.6) is 11.5 Å². The number of aromatic nitrogens is 3. The van der Waals surface area contributed by atoms with Gasteiger partial charge in [0.25, 0.3) is 0 Å². The second kappa shape index (κ2) is 6.29. The monoisotopic (exact) mass is 333 g/mol. The molecule has 112 valence electrons. The number of thiazole rings is 1. The van der Waals surface area contributed by atoms with Gasteiger partial charge in [0.1, 0.15) is 11.4 Å². The normalized spacial score (nSPS) is 10.6. The van der Waals surface area contributed by atoms with Gasteiger partial charge in [0.2, 0.25) is 0 Å². The molecule has 8 heteroatoms. The van der Waals surface area contributed by atoms with Crippen molar-refractivity contribution >= 4 is 40.0 Å². The molecule has 0 saturated carbocycles. The Labute approximate surface area is 134 Å². The third kappa shape index (κ3) is 3.02. The molecular weight excluding hydrogens is 322 g/mol. The fourth-order valence-electron chi connectivity index (χ4n) is 1.86. The Morgan fingerprint density at radius 1 is 1.23 bits per heavy atom. The van der Waals surface area contributed by atoms with Crippen molar-refractivity contribution in [1.29, 1.82) is 0 Å². The highest BCUT2D eigenvalue weighted by molar-refractivity contribution is 8.01. The first kappa shape index (κ1) is 14.7. The van der Waals surface area contributed by atoms with Gasteiger partial charge in [-0.2, -0.15) is 0 Å². The maximum atomic E-state index is 11.2. The van der Waals surface area contributed by atoms with E-state index in [2.05, 4.69) is 15.0 Å². The number of carbonyl (C=O) groups excluding carboxylic acids is 1. The van der Waals surface area contributed by atoms with E-state index >= 15 is 0 Å². The van der Waals surface area contributed by atoms with E-state index in [0.717, 1.165) is 14.8 Å². The quantitative estimate of drug-likeness (QED) is 0.412. The molecule has 2 aromatic heterocycles. The Kier molecular flexibility index (Phi) is 4.21. The minimum atomic E-state index is -0.413. The third-order valence-corrected chi connectivity index (χ3v) is 4.63. The van der Waals surface area contributed by atoms with E-state index in [1.807, 2.05) is 5.38 Å². The van der Waals surface area contributed by atoms with Crippen LogP contribution in [0.15, 0.2) is 39.4 Å². The Balaban J connectivity index is 2.09. The highest BCUT2D eigenvalue weighted by Gasteiger charge is 2.14. The largest absolute Gasteiger partial charge is 0.493 e. The van der Waals surface area contributed by atoms with E-state index in [1.165, 1.54) is 43.5 Å². The van der Waals surface area contributed by atoms with E-state index in [9.17, 15) is 4.79 Å². The summed E-state index contributed by atoms with van der Waals surface area (Å²) in [7, 11) is 1.52. The molecular formula is C14H11N3O3S2. The van der Waals surface area contributed by atoms with Crippen LogP contribution in [-0.4, -0.2) is 28.0 Å². The molecule has 0 amide bonds. The van der Waals surface area contributed by atoms with Crippen molar-refractivity contribution in [2.75, 3.05) is 7.11 Å². The second-order valence-corrected chi connectivity index (χ2v) is 6.32. The van der Waals surface area contributed by atoms with Crippen LogP contribution in [0.4, 0.5) is 0 Å². The molecule has 0 unspecified atom stereocenters. The summed E-state index contributed by atoms with van der Waals surface area (Å²) in [5.74, 6) is 0.383. The van der Waals surface area contributed by atoms with Crippen LogP contribution in [0.1, 0.15) is 6.92 Å². The number of carbonyl (C=O) groups is 1. The summed E-state index contributed by atoms with van der Waals surface area (Å²) in [5.41, 5.74) is 0.672. The van der Waals surface area contributed by atoms with Gasteiger partial charge in [-0.05, 0) is 17.8 Å². The standard InChI is InChI=1S/C14H11N3O3S2/c1-8(18)20-12-6-10-9(5-11(12)19-2)13(17-7-16-10)22-14-15-3-4-21-14/h3-7H,1-2H3. The highest BCUT2D eigenvalue weighted by Crippen LogP contribution is 2.37. The van der Waals surface area contributed by atoms with E-state index in [0.29, 0.717) is 17.0 Å². The zero-order chi connectivity index (χ0) is 15.5. The second-order valence-electron chi connectivity index (χ2n) is 4.19. The number of hydrogen-bond donors (Lipinski definition) is 0. The molecule has 2 heterocycles. The summed E-state index contributed by atoms with van der Waals surface area (Å²) in [4.78, 5) is 23.9. The molecule has 0 aliphatic rings. The number of nitrogens with zero attached hydrogens (tertiary/aromatic N) is 3. The number of esters is 1. The minimum absolute atomic E-state index is 0.339. The summed E-state index contributed by atoms with van der Waals surface area (Å²) < 4.78 is 11.3. The van der Waals surface area contributed by atoms with Crippen LogP contribution in [-0.2, 0) is 4.79 Å². The molecule has 0 saturated heterocycles. The first-order valence-corrected chi connectivity index (χ1v) is 7.95. The van der Waals surface area contributed by atoms with E-state index in [-0.39, 0.29) is 0 Å². The van der Waals surface area contributed by atoms with Crippen molar-refractivity contribution in [2.45, 2.75) is 16.3 Å². The molecule has 0 atom stereocenters. The zero-order valence-electron chi connectivity index (χ0n) is 11.8. The van der Waals surface area contributed by atoms with Gasteiger partial charge in [0.15, 0.2) is 15.8 Å². The van der Waals surface area contributed by atoms with Crippen molar-refractivity contribution in [3.8, 4) is 11.5 Å². The van der Waals surface area contributed by atoms with E-state index in [1.54, 1.807) is 18.3 Å². The van der Waals surface area contributed by atoms with E-state index in [4.69, 9.17) is 9.47 Å². The number of methoxy groups -OCH3 is 1. The molecule has 0 N–H and O–H groups in total. The molecule has 0 aliphatic carbocycles. The fourth-order valence-corrected chi connectivity index (χ4v) is 3.47. The van der Waals surface area contributed by atoms with Crippen LogP contribution >= 0.6 is 23.1 Å². The number of fused-ring (bicyclic) bond motifs is 1. The molecule has 0 bridgehead atoms. The Morgan fingerprint density at radius 3 is 2.77 bits per heavy atom. The minimum Gasteiger partial charge on any atom is -0.493 e. The third-order valence-electron chi connectivity index (χ3n) is 2.73. The topological polar surface area (TPSA) is 74.2 Å². The van der Waals surface area contributed by atoms with Crippen molar-refractivity contribution in [2.24, 2.45) is 0 Å². The molecule has 0 aliphatic heterocycles. The van der Waals surface area contributed by atoms with Gasteiger partial charge in [-0.3, -0.25) is 4.79 Å². The number of benzene rings is 1. The van der Waals surface area contributed by atoms with Crippen LogP contribution in [0, 0.1) is 0 Å². The van der Waals surface area contributed by atoms with Crippen LogP contribution < -0.4 is 9.47 Å². The van der Waals surface area contributed by atoms with E-state index < -0.39 is 5.97 Å². The number of ether oxygens (including phenoxy) is 2. The first-order chi connectivity index (χ1) is 10.7. The number of rotatable bonds is 4. The SMILES string of the molecule is COc1cc2c(Sc3nccs3)ncnc2cc1OC(C)=O. The van der Waals surface area contributed by atoms with Gasteiger partial charge in [-0.25, -0.2) is 15.0 Å². The summed E-state index contributed by atoms with van der Waals surface area (Å²) in [6.45, 7) is 1.34. The zero-order valence-corrected chi connectivity index (χ0v) is 13.4. The van der Waals surface area contributed by atoms with Crippen molar-refractivity contribution in [3.63, 3.8) is 0 Å². The van der Waals surface area contributed by atoms with Gasteiger partial charge in [-0.1, -0.05) is 0 Å². The predicted molar refractivity (Wildman–Crippen MR) is 83.6 cm³/mol. The maximum Gasteiger partial charge on any atom is 0.308 e. The smallest absolute Gasteiger partial charge is 0.308 e. The summed E-state index contributed by atoms with van der Waals surface area (Å²) in [6.07, 6.45) is 3.22. The molecule has 6 nitrogen and oxygen atoms in total. The molecule has 0 fully saturated rings. The van der Waals surface area contributed by atoms with Gasteiger partial charge >= 0.3 is 5.97 Å². The number of hydrogen-bond acceptors (Lipinski definition) is 8. The van der Waals surface area contributed by atoms with Crippen LogP contribution in [0.2, 0.25) is 0 Å². The Hall–Kier alpha value is -2.19. The van der Waals surface area contributed by atoms with Gasteiger partial charge in [0.05, 0.1) is 12.6 Å². The average Bonchev–Trinajstić information content (AvgIpc) is 2.99. The first-order valence-electron chi connectivity index (χ1n) is 6.26. The van der Waals surface area contributed by atoms with Gasteiger partial charge in [-0.15, -0.1) is 11.3 Å². The Morgan fingerprint density at radius 2 is 2.09 bits per heavy atom. The molecule has 22 heavy (non-hydrogen) atoms.